The number of aromatic nitrogens is 4. The van der Waals surface area contributed by atoms with Crippen molar-refractivity contribution in [1.29, 1.82) is 0 Å². The standard InChI is InChI=1S/C23H26N6O3/c1-14-10-19(26-25-14)23(31)28-9-8-20-18(13-28)21(22(30)24-16-6-7-16)27-29(20)12-15-4-3-5-17(11-15)32-2/h3-5,10-11,16H,6-9,12-13H2,1-2H3,(H,24,30)(H,25,26). The van der Waals surface area contributed by atoms with E-state index in [1.807, 2.05) is 35.9 Å². The lowest BCUT2D eigenvalue weighted by molar-refractivity contribution is 0.0724. The zero-order valence-electron chi connectivity index (χ0n) is 18.2. The number of benzene rings is 1. The van der Waals surface area contributed by atoms with Crippen LogP contribution in [0.4, 0.5) is 0 Å². The highest BCUT2D eigenvalue weighted by atomic mass is 16.5. The molecule has 0 unspecified atom stereocenters. The minimum absolute atomic E-state index is 0.144. The molecule has 1 aromatic carbocycles. The largest absolute Gasteiger partial charge is 0.497 e. The summed E-state index contributed by atoms with van der Waals surface area (Å²) in [7, 11) is 1.64. The van der Waals surface area contributed by atoms with Crippen LogP contribution in [0, 0.1) is 6.92 Å². The summed E-state index contributed by atoms with van der Waals surface area (Å²) in [4.78, 5) is 27.7. The number of amides is 2. The van der Waals surface area contributed by atoms with Gasteiger partial charge in [0.15, 0.2) is 5.69 Å². The van der Waals surface area contributed by atoms with Crippen LogP contribution in [0.3, 0.4) is 0 Å². The Morgan fingerprint density at radius 3 is 2.84 bits per heavy atom. The maximum Gasteiger partial charge on any atom is 0.274 e. The quantitative estimate of drug-likeness (QED) is 0.618. The van der Waals surface area contributed by atoms with Crippen LogP contribution in [0.2, 0.25) is 0 Å². The van der Waals surface area contributed by atoms with Crippen LogP contribution in [-0.2, 0) is 19.5 Å². The second-order valence-corrected chi connectivity index (χ2v) is 8.44. The lowest BCUT2D eigenvalue weighted by Gasteiger charge is -2.27. The molecule has 1 aliphatic heterocycles. The Morgan fingerprint density at radius 1 is 1.28 bits per heavy atom. The van der Waals surface area contributed by atoms with Crippen LogP contribution in [-0.4, -0.2) is 56.4 Å². The predicted octanol–water partition coefficient (Wildman–Crippen LogP) is 2.06. The first kappa shape index (κ1) is 20.3. The molecule has 5 rings (SSSR count). The molecule has 1 saturated carbocycles. The Hall–Kier alpha value is -3.62. The SMILES string of the molecule is COc1cccc(Cn2nc(C(=O)NC3CC3)c3c2CCN(C(=O)c2cc(C)[nH]n2)C3)c1. The van der Waals surface area contributed by atoms with Crippen molar-refractivity contribution in [3.8, 4) is 5.75 Å². The second kappa shape index (κ2) is 8.14. The molecule has 0 atom stereocenters. The summed E-state index contributed by atoms with van der Waals surface area (Å²) in [6.07, 6.45) is 2.63. The molecule has 9 heteroatoms. The maximum absolute atomic E-state index is 13.0. The number of nitrogens with one attached hydrogen (secondary N) is 2. The Balaban J connectivity index is 1.45. The topological polar surface area (TPSA) is 105 Å². The van der Waals surface area contributed by atoms with Crippen LogP contribution in [0.5, 0.6) is 5.75 Å². The van der Waals surface area contributed by atoms with Gasteiger partial charge in [-0.05, 0) is 43.5 Å². The maximum atomic E-state index is 13.0. The van der Waals surface area contributed by atoms with Gasteiger partial charge in [-0.3, -0.25) is 19.4 Å². The van der Waals surface area contributed by atoms with Gasteiger partial charge in [-0.1, -0.05) is 12.1 Å². The lowest BCUT2D eigenvalue weighted by atomic mass is 10.0. The van der Waals surface area contributed by atoms with Gasteiger partial charge in [-0.2, -0.15) is 10.2 Å². The minimum Gasteiger partial charge on any atom is -0.497 e. The first-order chi connectivity index (χ1) is 15.5. The summed E-state index contributed by atoms with van der Waals surface area (Å²) in [6, 6.07) is 9.80. The van der Waals surface area contributed by atoms with E-state index in [0.29, 0.717) is 37.4 Å². The number of carbonyl (C=O) groups excluding carboxylic acids is 2. The predicted molar refractivity (Wildman–Crippen MR) is 117 cm³/mol. The lowest BCUT2D eigenvalue weighted by Crippen LogP contribution is -2.37. The number of H-pyrrole nitrogens is 1. The number of ether oxygens (including phenoxy) is 1. The molecule has 32 heavy (non-hydrogen) atoms. The molecule has 3 heterocycles. The summed E-state index contributed by atoms with van der Waals surface area (Å²) < 4.78 is 7.23. The van der Waals surface area contributed by atoms with Crippen molar-refractivity contribution in [3.63, 3.8) is 0 Å². The number of hydrogen-bond donors (Lipinski definition) is 2. The number of aromatic amines is 1. The highest BCUT2D eigenvalue weighted by molar-refractivity contribution is 5.95. The Bertz CT molecular complexity index is 1180. The molecular formula is C23H26N6O3. The van der Waals surface area contributed by atoms with E-state index in [1.165, 1.54) is 0 Å². The van der Waals surface area contributed by atoms with Crippen molar-refractivity contribution in [2.24, 2.45) is 0 Å². The van der Waals surface area contributed by atoms with E-state index in [0.717, 1.165) is 41.1 Å². The number of rotatable bonds is 6. The van der Waals surface area contributed by atoms with E-state index in [1.54, 1.807) is 18.1 Å². The Morgan fingerprint density at radius 2 is 2.12 bits per heavy atom. The van der Waals surface area contributed by atoms with E-state index in [-0.39, 0.29) is 17.9 Å². The van der Waals surface area contributed by atoms with Crippen molar-refractivity contribution >= 4 is 11.8 Å². The summed E-state index contributed by atoms with van der Waals surface area (Å²) in [5.41, 5.74) is 4.48. The van der Waals surface area contributed by atoms with Crippen LogP contribution >= 0.6 is 0 Å². The molecular weight excluding hydrogens is 408 g/mol. The molecule has 2 amide bonds. The number of aryl methyl sites for hydroxylation is 1. The van der Waals surface area contributed by atoms with E-state index < -0.39 is 0 Å². The van der Waals surface area contributed by atoms with Crippen LogP contribution in [0.1, 0.15) is 56.3 Å². The summed E-state index contributed by atoms with van der Waals surface area (Å²) >= 11 is 0. The summed E-state index contributed by atoms with van der Waals surface area (Å²) in [5, 5.41) is 14.7. The third-order valence-corrected chi connectivity index (χ3v) is 5.94. The van der Waals surface area contributed by atoms with Gasteiger partial charge in [-0.25, -0.2) is 0 Å². The Labute approximate surface area is 185 Å². The van der Waals surface area contributed by atoms with Gasteiger partial charge in [0.05, 0.1) is 20.2 Å². The molecule has 2 aromatic heterocycles. The van der Waals surface area contributed by atoms with Gasteiger partial charge in [0.25, 0.3) is 11.8 Å². The van der Waals surface area contributed by atoms with E-state index in [2.05, 4.69) is 15.5 Å². The number of nitrogens with zero attached hydrogens (tertiary/aromatic N) is 4. The summed E-state index contributed by atoms with van der Waals surface area (Å²) in [5.74, 6) is 0.466. The van der Waals surface area contributed by atoms with Gasteiger partial charge in [0.1, 0.15) is 11.4 Å². The summed E-state index contributed by atoms with van der Waals surface area (Å²) in [6.45, 7) is 3.28. The molecule has 1 fully saturated rings. The molecule has 3 aromatic rings. The third kappa shape index (κ3) is 3.98. The molecule has 0 radical (unpaired) electrons. The second-order valence-electron chi connectivity index (χ2n) is 8.44. The Kier molecular flexibility index (Phi) is 5.16. The smallest absolute Gasteiger partial charge is 0.274 e. The van der Waals surface area contributed by atoms with Crippen molar-refractivity contribution in [2.45, 2.75) is 45.3 Å². The molecule has 1 aliphatic carbocycles. The van der Waals surface area contributed by atoms with E-state index >= 15 is 0 Å². The van der Waals surface area contributed by atoms with Crippen molar-refractivity contribution < 1.29 is 14.3 Å². The van der Waals surface area contributed by atoms with Gasteiger partial charge in [-0.15, -0.1) is 0 Å². The number of hydrogen-bond acceptors (Lipinski definition) is 5. The van der Waals surface area contributed by atoms with Gasteiger partial charge < -0.3 is 15.0 Å². The van der Waals surface area contributed by atoms with Gasteiger partial charge in [0, 0.05) is 36.0 Å². The first-order valence-electron chi connectivity index (χ1n) is 10.9. The highest BCUT2D eigenvalue weighted by Gasteiger charge is 2.33. The average Bonchev–Trinajstić information content (AvgIpc) is 3.39. The highest BCUT2D eigenvalue weighted by Crippen LogP contribution is 2.27. The third-order valence-electron chi connectivity index (χ3n) is 5.94. The minimum atomic E-state index is -0.168. The number of carbonyl (C=O) groups is 2. The molecule has 0 bridgehead atoms. The van der Waals surface area contributed by atoms with Crippen molar-refractivity contribution in [2.75, 3.05) is 13.7 Å². The molecule has 9 nitrogen and oxygen atoms in total. The first-order valence-corrected chi connectivity index (χ1v) is 10.9. The number of methoxy groups -OCH3 is 1. The fourth-order valence-corrected chi connectivity index (χ4v) is 4.09. The number of fused-ring (bicyclic) bond motifs is 1. The fourth-order valence-electron chi connectivity index (χ4n) is 4.09. The molecule has 2 aliphatic rings. The van der Waals surface area contributed by atoms with Crippen molar-refractivity contribution in [3.05, 3.63) is 64.2 Å². The molecule has 2 N–H and O–H groups in total. The van der Waals surface area contributed by atoms with Crippen LogP contribution < -0.4 is 10.1 Å². The van der Waals surface area contributed by atoms with E-state index in [9.17, 15) is 9.59 Å². The van der Waals surface area contributed by atoms with E-state index in [4.69, 9.17) is 9.84 Å². The van der Waals surface area contributed by atoms with Crippen LogP contribution in [0.25, 0.3) is 0 Å². The molecule has 166 valence electrons. The van der Waals surface area contributed by atoms with Crippen molar-refractivity contribution in [1.82, 2.24) is 30.2 Å². The monoisotopic (exact) mass is 434 g/mol. The zero-order chi connectivity index (χ0) is 22.2. The molecule has 0 spiro atoms. The van der Waals surface area contributed by atoms with Gasteiger partial charge >= 0.3 is 0 Å². The fraction of sp³-hybridized carbons (Fsp3) is 0.391. The molecule has 0 saturated heterocycles. The normalized spacial score (nSPS) is 15.4. The zero-order valence-corrected chi connectivity index (χ0v) is 18.2. The average molecular weight is 435 g/mol. The van der Waals surface area contributed by atoms with Gasteiger partial charge in [0.2, 0.25) is 0 Å². The van der Waals surface area contributed by atoms with Crippen LogP contribution in [0.15, 0.2) is 30.3 Å².